The number of pyridine rings is 1. The van der Waals surface area contributed by atoms with E-state index < -0.39 is 0 Å². The van der Waals surface area contributed by atoms with Crippen LogP contribution in [0.25, 0.3) is 11.1 Å². The number of aromatic nitrogens is 1. The van der Waals surface area contributed by atoms with Gasteiger partial charge in [0.05, 0.1) is 7.11 Å². The Morgan fingerprint density at radius 1 is 0.900 bits per heavy atom. The molecule has 0 fully saturated rings. The predicted molar refractivity (Wildman–Crippen MR) is 118 cm³/mol. The molecular weight excluding hydrogens is 376 g/mol. The highest BCUT2D eigenvalue weighted by Crippen LogP contribution is 2.21. The fourth-order valence-electron chi connectivity index (χ4n) is 3.10. The first-order chi connectivity index (χ1) is 14.5. The molecule has 3 rings (SSSR count). The summed E-state index contributed by atoms with van der Waals surface area (Å²) in [6, 6.07) is 18.9. The Balaban J connectivity index is 1.62. The lowest BCUT2D eigenvalue weighted by molar-refractivity contribution is 0.0802. The minimum Gasteiger partial charge on any atom is -0.481 e. The Hall–Kier alpha value is -3.47. The molecule has 2 aromatic carbocycles. The van der Waals surface area contributed by atoms with Gasteiger partial charge in [0.25, 0.3) is 5.91 Å². The molecule has 154 valence electrons. The number of nitrogens with zero attached hydrogens (tertiary/aromatic N) is 2. The minimum absolute atomic E-state index is 0.0112. The van der Waals surface area contributed by atoms with Gasteiger partial charge in [0, 0.05) is 43.4 Å². The summed E-state index contributed by atoms with van der Waals surface area (Å²) in [7, 11) is 3.37. The van der Waals surface area contributed by atoms with Crippen molar-refractivity contribution in [3.05, 3.63) is 83.6 Å². The van der Waals surface area contributed by atoms with Crippen molar-refractivity contribution >= 4 is 11.7 Å². The van der Waals surface area contributed by atoms with Crippen molar-refractivity contribution in [2.75, 3.05) is 20.7 Å². The SMILES string of the molecule is CCN(C)C(=O)c1ccc(-c2ccc(C(=O)CCc3ccc(OC)nc3)cc2)cc1. The number of ether oxygens (including phenoxy) is 1. The molecule has 5 nitrogen and oxygen atoms in total. The van der Waals surface area contributed by atoms with Gasteiger partial charge in [-0.1, -0.05) is 42.5 Å². The second-order valence-electron chi connectivity index (χ2n) is 7.11. The number of ketones is 1. The highest BCUT2D eigenvalue weighted by Gasteiger charge is 2.11. The van der Waals surface area contributed by atoms with E-state index in [4.69, 9.17) is 4.74 Å². The van der Waals surface area contributed by atoms with Crippen LogP contribution in [0.5, 0.6) is 5.88 Å². The van der Waals surface area contributed by atoms with Crippen LogP contribution in [0.2, 0.25) is 0 Å². The molecule has 3 aromatic rings. The first-order valence-corrected chi connectivity index (χ1v) is 10.00. The van der Waals surface area contributed by atoms with Crippen LogP contribution in [-0.4, -0.2) is 42.3 Å². The van der Waals surface area contributed by atoms with Crippen molar-refractivity contribution in [1.82, 2.24) is 9.88 Å². The minimum atomic E-state index is 0.0112. The summed E-state index contributed by atoms with van der Waals surface area (Å²) < 4.78 is 5.05. The molecule has 0 N–H and O–H groups in total. The van der Waals surface area contributed by atoms with E-state index in [1.807, 2.05) is 61.5 Å². The molecule has 0 unspecified atom stereocenters. The van der Waals surface area contributed by atoms with E-state index in [9.17, 15) is 9.59 Å². The molecule has 0 radical (unpaired) electrons. The lowest BCUT2D eigenvalue weighted by Gasteiger charge is -2.14. The molecule has 0 bridgehead atoms. The highest BCUT2D eigenvalue weighted by atomic mass is 16.5. The van der Waals surface area contributed by atoms with Crippen molar-refractivity contribution in [1.29, 1.82) is 0 Å². The number of Topliss-reactive ketones (excluding diaryl/α,β-unsaturated/α-hetero) is 1. The average Bonchev–Trinajstić information content (AvgIpc) is 2.82. The molecule has 1 aromatic heterocycles. The van der Waals surface area contributed by atoms with Crippen molar-refractivity contribution in [3.8, 4) is 17.0 Å². The fraction of sp³-hybridized carbons (Fsp3) is 0.240. The van der Waals surface area contributed by atoms with Crippen molar-refractivity contribution in [2.24, 2.45) is 0 Å². The number of benzene rings is 2. The zero-order chi connectivity index (χ0) is 21.5. The molecule has 0 spiro atoms. The van der Waals surface area contributed by atoms with Crippen LogP contribution < -0.4 is 4.74 Å². The van der Waals surface area contributed by atoms with Crippen LogP contribution in [-0.2, 0) is 6.42 Å². The third-order valence-electron chi connectivity index (χ3n) is 5.14. The van der Waals surface area contributed by atoms with E-state index in [-0.39, 0.29) is 11.7 Å². The third-order valence-corrected chi connectivity index (χ3v) is 5.14. The lowest BCUT2D eigenvalue weighted by Crippen LogP contribution is -2.26. The number of amides is 1. The molecule has 0 saturated heterocycles. The van der Waals surface area contributed by atoms with Gasteiger partial charge >= 0.3 is 0 Å². The van der Waals surface area contributed by atoms with E-state index in [0.29, 0.717) is 36.4 Å². The molecule has 30 heavy (non-hydrogen) atoms. The predicted octanol–water partition coefficient (Wildman–Crippen LogP) is 4.66. The van der Waals surface area contributed by atoms with Crippen molar-refractivity contribution < 1.29 is 14.3 Å². The smallest absolute Gasteiger partial charge is 0.253 e. The van der Waals surface area contributed by atoms with Crippen LogP contribution in [0.3, 0.4) is 0 Å². The van der Waals surface area contributed by atoms with Crippen molar-refractivity contribution in [2.45, 2.75) is 19.8 Å². The molecule has 0 atom stereocenters. The van der Waals surface area contributed by atoms with Crippen molar-refractivity contribution in [3.63, 3.8) is 0 Å². The molecule has 0 saturated carbocycles. The zero-order valence-electron chi connectivity index (χ0n) is 17.6. The van der Waals surface area contributed by atoms with E-state index >= 15 is 0 Å². The van der Waals surface area contributed by atoms with Crippen LogP contribution in [0, 0.1) is 0 Å². The quantitative estimate of drug-likeness (QED) is 0.514. The Labute approximate surface area is 177 Å². The summed E-state index contributed by atoms with van der Waals surface area (Å²) in [5.41, 5.74) is 4.38. The normalized spacial score (nSPS) is 10.5. The molecule has 0 aliphatic heterocycles. The summed E-state index contributed by atoms with van der Waals surface area (Å²) in [5.74, 6) is 0.674. The van der Waals surface area contributed by atoms with Gasteiger partial charge in [0.1, 0.15) is 0 Å². The Morgan fingerprint density at radius 2 is 1.50 bits per heavy atom. The fourth-order valence-corrected chi connectivity index (χ4v) is 3.10. The number of aryl methyl sites for hydroxylation is 1. The molecular formula is C25H26N2O3. The molecule has 5 heteroatoms. The maximum Gasteiger partial charge on any atom is 0.253 e. The maximum absolute atomic E-state index is 12.5. The average molecular weight is 402 g/mol. The van der Waals surface area contributed by atoms with Crippen LogP contribution in [0.15, 0.2) is 66.9 Å². The molecule has 0 aliphatic carbocycles. The van der Waals surface area contributed by atoms with Gasteiger partial charge in [-0.05, 0) is 42.2 Å². The van der Waals surface area contributed by atoms with Gasteiger partial charge in [-0.2, -0.15) is 0 Å². The monoisotopic (exact) mass is 402 g/mol. The summed E-state index contributed by atoms with van der Waals surface area (Å²) in [6.07, 6.45) is 2.80. The van der Waals surface area contributed by atoms with Gasteiger partial charge in [0.15, 0.2) is 5.78 Å². The van der Waals surface area contributed by atoms with E-state index in [1.165, 1.54) is 0 Å². The largest absolute Gasteiger partial charge is 0.481 e. The van der Waals surface area contributed by atoms with Gasteiger partial charge in [-0.3, -0.25) is 9.59 Å². The topological polar surface area (TPSA) is 59.5 Å². The number of methoxy groups -OCH3 is 1. The lowest BCUT2D eigenvalue weighted by atomic mass is 9.99. The van der Waals surface area contributed by atoms with Gasteiger partial charge in [-0.15, -0.1) is 0 Å². The maximum atomic E-state index is 12.5. The Morgan fingerprint density at radius 3 is 2.00 bits per heavy atom. The number of hydrogen-bond acceptors (Lipinski definition) is 4. The second kappa shape index (κ2) is 9.83. The van der Waals surface area contributed by atoms with Gasteiger partial charge in [-0.25, -0.2) is 4.98 Å². The first kappa shape index (κ1) is 21.2. The summed E-state index contributed by atoms with van der Waals surface area (Å²) >= 11 is 0. The first-order valence-electron chi connectivity index (χ1n) is 10.00. The highest BCUT2D eigenvalue weighted by molar-refractivity contribution is 5.97. The van der Waals surface area contributed by atoms with E-state index in [0.717, 1.165) is 16.7 Å². The number of hydrogen-bond donors (Lipinski definition) is 0. The zero-order valence-corrected chi connectivity index (χ0v) is 17.6. The van der Waals surface area contributed by atoms with Gasteiger partial charge < -0.3 is 9.64 Å². The van der Waals surface area contributed by atoms with E-state index in [2.05, 4.69) is 4.98 Å². The van der Waals surface area contributed by atoms with Gasteiger partial charge in [0.2, 0.25) is 5.88 Å². The summed E-state index contributed by atoms with van der Waals surface area (Å²) in [4.78, 5) is 30.6. The second-order valence-corrected chi connectivity index (χ2v) is 7.11. The number of rotatable bonds is 8. The van der Waals surface area contributed by atoms with E-state index in [1.54, 1.807) is 31.3 Å². The number of carbonyl (C=O) groups is 2. The summed E-state index contributed by atoms with van der Waals surface area (Å²) in [6.45, 7) is 2.62. The van der Waals surface area contributed by atoms with Crippen LogP contribution in [0.4, 0.5) is 0 Å². The number of carbonyl (C=O) groups excluding carboxylic acids is 2. The van der Waals surface area contributed by atoms with Crippen LogP contribution >= 0.6 is 0 Å². The summed E-state index contributed by atoms with van der Waals surface area (Å²) in [5, 5.41) is 0. The Kier molecular flexibility index (Phi) is 6.96. The molecule has 1 amide bonds. The third kappa shape index (κ3) is 5.11. The standard InChI is InChI=1S/C25H26N2O3/c1-4-27(2)25(29)22-13-9-20(10-14-22)19-7-11-21(12-8-19)23(28)15-5-18-6-16-24(30-3)26-17-18/h6-14,16-17H,4-5,15H2,1-3H3. The van der Waals surface area contributed by atoms with Crippen LogP contribution in [0.1, 0.15) is 39.6 Å². The Bertz CT molecular complexity index is 994. The molecule has 1 heterocycles. The molecule has 0 aliphatic rings.